The third-order valence-corrected chi connectivity index (χ3v) is 4.14. The molecule has 5 nitrogen and oxygen atoms in total. The van der Waals surface area contributed by atoms with Crippen LogP contribution in [0.2, 0.25) is 5.02 Å². The van der Waals surface area contributed by atoms with Crippen LogP contribution >= 0.6 is 22.9 Å². The first kappa shape index (κ1) is 15.3. The number of carboxylic acids is 1. The van der Waals surface area contributed by atoms with Gasteiger partial charge in [0, 0.05) is 10.6 Å². The van der Waals surface area contributed by atoms with Crippen LogP contribution in [-0.4, -0.2) is 17.1 Å². The molecule has 2 amide bonds. The summed E-state index contributed by atoms with van der Waals surface area (Å²) in [6.45, 7) is 1.88. The number of carbonyl (C=O) groups excluding carboxylic acids is 1. The molecule has 0 aliphatic rings. The molecule has 7 heteroatoms. The number of hydrogen-bond donors (Lipinski definition) is 3. The summed E-state index contributed by atoms with van der Waals surface area (Å²) in [5.74, 6) is -1.11. The molecule has 0 bridgehead atoms. The van der Waals surface area contributed by atoms with E-state index in [1.165, 1.54) is 18.2 Å². The van der Waals surface area contributed by atoms with Gasteiger partial charge in [-0.3, -0.25) is 0 Å². The highest BCUT2D eigenvalue weighted by molar-refractivity contribution is 7.10. The van der Waals surface area contributed by atoms with E-state index in [4.69, 9.17) is 16.7 Å². The maximum absolute atomic E-state index is 11.9. The third kappa shape index (κ3) is 3.96. The van der Waals surface area contributed by atoms with E-state index < -0.39 is 5.97 Å². The van der Waals surface area contributed by atoms with E-state index in [2.05, 4.69) is 10.6 Å². The van der Waals surface area contributed by atoms with Gasteiger partial charge in [-0.05, 0) is 36.6 Å². The number of benzene rings is 1. The molecular formula is C14H13ClN2O3S. The van der Waals surface area contributed by atoms with Gasteiger partial charge in [0.05, 0.1) is 16.6 Å². The molecule has 3 N–H and O–H groups in total. The molecule has 1 atom stereocenters. The van der Waals surface area contributed by atoms with Crippen molar-refractivity contribution < 1.29 is 14.7 Å². The molecule has 110 valence electrons. The fraction of sp³-hybridized carbons (Fsp3) is 0.143. The molecule has 0 saturated heterocycles. The first-order chi connectivity index (χ1) is 9.97. The molecule has 0 spiro atoms. The van der Waals surface area contributed by atoms with Gasteiger partial charge in [0.25, 0.3) is 0 Å². The first-order valence-corrected chi connectivity index (χ1v) is 7.37. The third-order valence-electron chi connectivity index (χ3n) is 2.77. The minimum atomic E-state index is -1.11. The Hall–Kier alpha value is -2.05. The van der Waals surface area contributed by atoms with Crippen molar-refractivity contribution in [3.05, 3.63) is 51.2 Å². The lowest BCUT2D eigenvalue weighted by Crippen LogP contribution is -2.30. The number of carboxylic acid groups (broad SMARTS) is 1. The van der Waals surface area contributed by atoms with E-state index in [0.29, 0.717) is 5.69 Å². The van der Waals surface area contributed by atoms with Crippen molar-refractivity contribution in [2.45, 2.75) is 13.0 Å². The van der Waals surface area contributed by atoms with Crippen molar-refractivity contribution in [3.63, 3.8) is 0 Å². The Morgan fingerprint density at radius 1 is 1.33 bits per heavy atom. The SMILES string of the molecule is CC(NC(=O)Nc1ccc(C(=O)O)c(Cl)c1)c1cccs1. The van der Waals surface area contributed by atoms with Gasteiger partial charge < -0.3 is 15.7 Å². The smallest absolute Gasteiger partial charge is 0.337 e. The van der Waals surface area contributed by atoms with Crippen LogP contribution in [0.3, 0.4) is 0 Å². The van der Waals surface area contributed by atoms with Crippen molar-refractivity contribution in [2.24, 2.45) is 0 Å². The molecule has 1 unspecified atom stereocenters. The summed E-state index contributed by atoms with van der Waals surface area (Å²) in [6, 6.07) is 7.61. The van der Waals surface area contributed by atoms with Crippen LogP contribution in [0.15, 0.2) is 35.7 Å². The van der Waals surface area contributed by atoms with Crippen LogP contribution in [0, 0.1) is 0 Å². The molecule has 0 aliphatic heterocycles. The molecular weight excluding hydrogens is 312 g/mol. The minimum Gasteiger partial charge on any atom is -0.478 e. The molecule has 1 heterocycles. The molecule has 1 aromatic carbocycles. The van der Waals surface area contributed by atoms with Gasteiger partial charge in [-0.15, -0.1) is 11.3 Å². The lowest BCUT2D eigenvalue weighted by atomic mass is 10.2. The number of rotatable bonds is 4. The summed E-state index contributed by atoms with van der Waals surface area (Å²) in [5, 5.41) is 16.3. The zero-order chi connectivity index (χ0) is 15.4. The van der Waals surface area contributed by atoms with Crippen molar-refractivity contribution in [1.82, 2.24) is 5.32 Å². The largest absolute Gasteiger partial charge is 0.478 e. The standard InChI is InChI=1S/C14H13ClN2O3S/c1-8(12-3-2-6-21-12)16-14(20)17-9-4-5-10(13(18)19)11(15)7-9/h2-8H,1H3,(H,18,19)(H2,16,17,20). The minimum absolute atomic E-state index is 0.00502. The Morgan fingerprint density at radius 2 is 2.10 bits per heavy atom. The Bertz CT molecular complexity index is 658. The summed E-state index contributed by atoms with van der Waals surface area (Å²) in [5.41, 5.74) is 0.426. The van der Waals surface area contributed by atoms with Crippen molar-refractivity contribution in [3.8, 4) is 0 Å². The molecule has 2 rings (SSSR count). The van der Waals surface area contributed by atoms with Crippen molar-refractivity contribution in [1.29, 1.82) is 0 Å². The lowest BCUT2D eigenvalue weighted by Gasteiger charge is -2.13. The quantitative estimate of drug-likeness (QED) is 0.796. The highest BCUT2D eigenvalue weighted by Crippen LogP contribution is 2.22. The lowest BCUT2D eigenvalue weighted by molar-refractivity contribution is 0.0697. The molecule has 0 radical (unpaired) electrons. The van der Waals surface area contributed by atoms with E-state index in [1.807, 2.05) is 24.4 Å². The van der Waals surface area contributed by atoms with Crippen LogP contribution in [0.1, 0.15) is 28.2 Å². The average Bonchev–Trinajstić information content (AvgIpc) is 2.91. The second-order valence-electron chi connectivity index (χ2n) is 4.34. The fourth-order valence-corrected chi connectivity index (χ4v) is 2.73. The van der Waals surface area contributed by atoms with Gasteiger partial charge in [0.2, 0.25) is 0 Å². The Kier molecular flexibility index (Phi) is 4.82. The molecule has 1 aromatic heterocycles. The van der Waals surface area contributed by atoms with Gasteiger partial charge in [-0.2, -0.15) is 0 Å². The number of halogens is 1. The van der Waals surface area contributed by atoms with Crippen LogP contribution in [0.4, 0.5) is 10.5 Å². The highest BCUT2D eigenvalue weighted by Gasteiger charge is 2.12. The number of carbonyl (C=O) groups is 2. The van der Waals surface area contributed by atoms with E-state index in [0.717, 1.165) is 4.88 Å². The number of nitrogens with one attached hydrogen (secondary N) is 2. The van der Waals surface area contributed by atoms with Gasteiger partial charge in [-0.1, -0.05) is 17.7 Å². The molecule has 0 aliphatic carbocycles. The van der Waals surface area contributed by atoms with Gasteiger partial charge in [-0.25, -0.2) is 9.59 Å². The molecule has 0 saturated carbocycles. The Morgan fingerprint density at radius 3 is 2.67 bits per heavy atom. The maximum Gasteiger partial charge on any atom is 0.337 e. The highest BCUT2D eigenvalue weighted by atomic mass is 35.5. The Labute approximate surface area is 130 Å². The number of thiophene rings is 1. The van der Waals surface area contributed by atoms with E-state index in [9.17, 15) is 9.59 Å². The van der Waals surface area contributed by atoms with Gasteiger partial charge in [0.15, 0.2) is 0 Å². The van der Waals surface area contributed by atoms with E-state index in [-0.39, 0.29) is 22.7 Å². The van der Waals surface area contributed by atoms with Crippen molar-refractivity contribution in [2.75, 3.05) is 5.32 Å². The summed E-state index contributed by atoms with van der Waals surface area (Å²) >= 11 is 7.40. The van der Waals surface area contributed by atoms with Gasteiger partial charge in [0.1, 0.15) is 0 Å². The van der Waals surface area contributed by atoms with E-state index in [1.54, 1.807) is 11.3 Å². The van der Waals surface area contributed by atoms with Gasteiger partial charge >= 0.3 is 12.0 Å². The predicted molar refractivity (Wildman–Crippen MR) is 83.3 cm³/mol. The predicted octanol–water partition coefficient (Wildman–Crippen LogP) is 3.98. The molecule has 2 aromatic rings. The van der Waals surface area contributed by atoms with Crippen LogP contribution < -0.4 is 10.6 Å². The zero-order valence-corrected chi connectivity index (χ0v) is 12.7. The molecule has 21 heavy (non-hydrogen) atoms. The topological polar surface area (TPSA) is 78.4 Å². The number of aromatic carboxylic acids is 1. The molecule has 0 fully saturated rings. The van der Waals surface area contributed by atoms with Crippen LogP contribution in [-0.2, 0) is 0 Å². The van der Waals surface area contributed by atoms with E-state index >= 15 is 0 Å². The summed E-state index contributed by atoms with van der Waals surface area (Å²) < 4.78 is 0. The second-order valence-corrected chi connectivity index (χ2v) is 5.72. The summed E-state index contributed by atoms with van der Waals surface area (Å²) in [4.78, 5) is 23.8. The summed E-state index contributed by atoms with van der Waals surface area (Å²) in [7, 11) is 0. The normalized spacial score (nSPS) is 11.7. The Balaban J connectivity index is 2.00. The van der Waals surface area contributed by atoms with Crippen LogP contribution in [0.25, 0.3) is 0 Å². The first-order valence-electron chi connectivity index (χ1n) is 6.11. The van der Waals surface area contributed by atoms with Crippen LogP contribution in [0.5, 0.6) is 0 Å². The maximum atomic E-state index is 11.9. The fourth-order valence-electron chi connectivity index (χ4n) is 1.74. The second kappa shape index (κ2) is 6.60. The number of hydrogen-bond acceptors (Lipinski definition) is 3. The summed E-state index contributed by atoms with van der Waals surface area (Å²) in [6.07, 6.45) is 0. The number of anilines is 1. The number of amides is 2. The van der Waals surface area contributed by atoms with Crippen molar-refractivity contribution >= 4 is 40.6 Å². The number of urea groups is 1. The monoisotopic (exact) mass is 324 g/mol. The average molecular weight is 325 g/mol. The zero-order valence-electron chi connectivity index (χ0n) is 11.1.